The van der Waals surface area contributed by atoms with Crippen LogP contribution in [0.1, 0.15) is 51.9 Å². The van der Waals surface area contributed by atoms with E-state index in [0.717, 1.165) is 32.1 Å². The Balaban J connectivity index is 0.00000324. The van der Waals surface area contributed by atoms with Crippen LogP contribution in [0.25, 0.3) is 0 Å². The Hall–Kier alpha value is -0.810. The van der Waals surface area contributed by atoms with E-state index in [-0.39, 0.29) is 49.1 Å². The van der Waals surface area contributed by atoms with Crippen molar-refractivity contribution in [2.45, 2.75) is 64.0 Å². The maximum absolute atomic E-state index is 11.6. The molecule has 0 aromatic heterocycles. The molecule has 0 bridgehead atoms. The Labute approximate surface area is 121 Å². The van der Waals surface area contributed by atoms with Crippen molar-refractivity contribution in [2.24, 2.45) is 5.73 Å². The Kier molecular flexibility index (Phi) is 9.61. The van der Waals surface area contributed by atoms with Gasteiger partial charge in [-0.3, -0.25) is 9.59 Å². The van der Waals surface area contributed by atoms with Crippen LogP contribution in [-0.2, 0) is 9.59 Å². The second kappa shape index (κ2) is 10.0. The standard InChI is InChI=1S/C13H25N3O2.ClH/c1-2-9-15-12(17)7-8-13(18)16-11-5-3-10(14)4-6-11;/h10-11H,2-9,14H2,1H3,(H,15,17)(H,16,18);1H. The zero-order valence-electron chi connectivity index (χ0n) is 11.6. The summed E-state index contributed by atoms with van der Waals surface area (Å²) in [5.74, 6) is -0.0696. The minimum Gasteiger partial charge on any atom is -0.356 e. The van der Waals surface area contributed by atoms with Crippen molar-refractivity contribution in [2.75, 3.05) is 6.54 Å². The number of rotatable bonds is 6. The van der Waals surface area contributed by atoms with E-state index in [9.17, 15) is 9.59 Å². The predicted molar refractivity (Wildman–Crippen MR) is 78.2 cm³/mol. The molecule has 0 aliphatic heterocycles. The molecule has 4 N–H and O–H groups in total. The molecule has 0 heterocycles. The number of carbonyl (C=O) groups excluding carboxylic acids is 2. The fraction of sp³-hybridized carbons (Fsp3) is 0.846. The molecular weight excluding hydrogens is 266 g/mol. The van der Waals surface area contributed by atoms with Crippen LogP contribution in [0.2, 0.25) is 0 Å². The summed E-state index contributed by atoms with van der Waals surface area (Å²) in [6.45, 7) is 2.68. The molecule has 0 aromatic carbocycles. The second-order valence-electron chi connectivity index (χ2n) is 5.03. The van der Waals surface area contributed by atoms with Crippen molar-refractivity contribution in [3.05, 3.63) is 0 Å². The molecule has 1 fully saturated rings. The lowest BCUT2D eigenvalue weighted by Gasteiger charge is -2.26. The van der Waals surface area contributed by atoms with Crippen molar-refractivity contribution in [1.29, 1.82) is 0 Å². The number of nitrogens with one attached hydrogen (secondary N) is 2. The largest absolute Gasteiger partial charge is 0.356 e. The maximum atomic E-state index is 11.6. The average Bonchev–Trinajstić information content (AvgIpc) is 2.36. The molecule has 5 nitrogen and oxygen atoms in total. The normalized spacial score (nSPS) is 22.2. The third kappa shape index (κ3) is 8.06. The lowest BCUT2D eigenvalue weighted by molar-refractivity contribution is -0.126. The van der Waals surface area contributed by atoms with Gasteiger partial charge in [-0.1, -0.05) is 6.92 Å². The first-order chi connectivity index (χ1) is 8.61. The van der Waals surface area contributed by atoms with Crippen molar-refractivity contribution in [3.63, 3.8) is 0 Å². The van der Waals surface area contributed by atoms with Gasteiger partial charge in [0, 0.05) is 31.5 Å². The van der Waals surface area contributed by atoms with Crippen LogP contribution in [0.15, 0.2) is 0 Å². The van der Waals surface area contributed by atoms with Gasteiger partial charge in [0.15, 0.2) is 0 Å². The number of carbonyl (C=O) groups is 2. The van der Waals surface area contributed by atoms with E-state index < -0.39 is 0 Å². The van der Waals surface area contributed by atoms with Crippen molar-refractivity contribution < 1.29 is 9.59 Å². The van der Waals surface area contributed by atoms with Gasteiger partial charge in [-0.2, -0.15) is 0 Å². The van der Waals surface area contributed by atoms with Gasteiger partial charge in [-0.15, -0.1) is 12.4 Å². The van der Waals surface area contributed by atoms with Gasteiger partial charge in [-0.25, -0.2) is 0 Å². The molecule has 0 radical (unpaired) electrons. The van der Waals surface area contributed by atoms with Crippen molar-refractivity contribution in [1.82, 2.24) is 10.6 Å². The van der Waals surface area contributed by atoms with E-state index in [1.54, 1.807) is 0 Å². The van der Waals surface area contributed by atoms with Crippen LogP contribution in [0.4, 0.5) is 0 Å². The number of halogens is 1. The summed E-state index contributed by atoms with van der Waals surface area (Å²) in [4.78, 5) is 23.0. The fourth-order valence-corrected chi connectivity index (χ4v) is 2.14. The molecular formula is C13H26ClN3O2. The van der Waals surface area contributed by atoms with Crippen molar-refractivity contribution in [3.8, 4) is 0 Å². The lowest BCUT2D eigenvalue weighted by atomic mass is 9.92. The summed E-state index contributed by atoms with van der Waals surface area (Å²) < 4.78 is 0. The monoisotopic (exact) mass is 291 g/mol. The van der Waals surface area contributed by atoms with Gasteiger partial charge < -0.3 is 16.4 Å². The van der Waals surface area contributed by atoms with E-state index in [1.165, 1.54) is 0 Å². The van der Waals surface area contributed by atoms with Gasteiger partial charge >= 0.3 is 0 Å². The first-order valence-corrected chi connectivity index (χ1v) is 6.93. The van der Waals surface area contributed by atoms with Crippen LogP contribution in [0, 0.1) is 0 Å². The molecule has 2 amide bonds. The molecule has 0 atom stereocenters. The van der Waals surface area contributed by atoms with E-state index in [0.29, 0.717) is 6.54 Å². The van der Waals surface area contributed by atoms with E-state index in [1.807, 2.05) is 6.92 Å². The highest BCUT2D eigenvalue weighted by Gasteiger charge is 2.20. The zero-order valence-corrected chi connectivity index (χ0v) is 12.4. The van der Waals surface area contributed by atoms with Crippen molar-refractivity contribution >= 4 is 24.2 Å². The quantitative estimate of drug-likeness (QED) is 0.685. The van der Waals surface area contributed by atoms with E-state index in [2.05, 4.69) is 10.6 Å². The predicted octanol–water partition coefficient (Wildman–Crippen LogP) is 1.10. The SMILES string of the molecule is CCCNC(=O)CCC(=O)NC1CCC(N)CC1.Cl. The molecule has 0 saturated heterocycles. The van der Waals surface area contributed by atoms with Gasteiger partial charge in [0.05, 0.1) is 0 Å². The number of hydrogen-bond acceptors (Lipinski definition) is 3. The molecule has 1 rings (SSSR count). The van der Waals surface area contributed by atoms with Crippen LogP contribution < -0.4 is 16.4 Å². The van der Waals surface area contributed by atoms with Crippen LogP contribution in [0.5, 0.6) is 0 Å². The Morgan fingerprint density at radius 1 is 1.11 bits per heavy atom. The van der Waals surface area contributed by atoms with Crippen LogP contribution in [-0.4, -0.2) is 30.4 Å². The zero-order chi connectivity index (χ0) is 13.4. The highest BCUT2D eigenvalue weighted by molar-refractivity contribution is 5.85. The number of nitrogens with two attached hydrogens (primary N) is 1. The van der Waals surface area contributed by atoms with E-state index in [4.69, 9.17) is 5.73 Å². The van der Waals surface area contributed by atoms with Crippen LogP contribution in [0.3, 0.4) is 0 Å². The first-order valence-electron chi connectivity index (χ1n) is 6.93. The highest BCUT2D eigenvalue weighted by atomic mass is 35.5. The fourth-order valence-electron chi connectivity index (χ4n) is 2.14. The second-order valence-corrected chi connectivity index (χ2v) is 5.03. The highest BCUT2D eigenvalue weighted by Crippen LogP contribution is 2.16. The van der Waals surface area contributed by atoms with Gasteiger partial charge in [-0.05, 0) is 32.1 Å². The molecule has 1 aliphatic carbocycles. The first kappa shape index (κ1) is 18.2. The third-order valence-corrected chi connectivity index (χ3v) is 3.29. The summed E-state index contributed by atoms with van der Waals surface area (Å²) in [7, 11) is 0. The Morgan fingerprint density at radius 3 is 2.26 bits per heavy atom. The minimum atomic E-state index is -0.0438. The summed E-state index contributed by atoms with van der Waals surface area (Å²) in [5, 5.41) is 5.74. The minimum absolute atomic E-state index is 0. The van der Waals surface area contributed by atoms with Gasteiger partial charge in [0.25, 0.3) is 0 Å². The maximum Gasteiger partial charge on any atom is 0.220 e. The Morgan fingerprint density at radius 2 is 1.68 bits per heavy atom. The summed E-state index contributed by atoms with van der Waals surface area (Å²) in [6, 6.07) is 0.536. The molecule has 19 heavy (non-hydrogen) atoms. The molecule has 1 saturated carbocycles. The molecule has 1 aliphatic rings. The molecule has 0 aromatic rings. The summed E-state index contributed by atoms with van der Waals surface area (Å²) >= 11 is 0. The average molecular weight is 292 g/mol. The molecule has 6 heteroatoms. The van der Waals surface area contributed by atoms with Gasteiger partial charge in [0.2, 0.25) is 11.8 Å². The summed E-state index contributed by atoms with van der Waals surface area (Å²) in [5.41, 5.74) is 5.81. The number of hydrogen-bond donors (Lipinski definition) is 3. The molecule has 112 valence electrons. The van der Waals surface area contributed by atoms with Crippen LogP contribution >= 0.6 is 12.4 Å². The Bertz CT molecular complexity index is 279. The van der Waals surface area contributed by atoms with E-state index >= 15 is 0 Å². The molecule has 0 spiro atoms. The molecule has 0 unspecified atom stereocenters. The third-order valence-electron chi connectivity index (χ3n) is 3.29. The smallest absolute Gasteiger partial charge is 0.220 e. The van der Waals surface area contributed by atoms with Gasteiger partial charge in [0.1, 0.15) is 0 Å². The number of amides is 2. The lowest BCUT2D eigenvalue weighted by Crippen LogP contribution is -2.40. The summed E-state index contributed by atoms with van der Waals surface area (Å²) in [6.07, 6.45) is 5.32. The topological polar surface area (TPSA) is 84.2 Å².